The van der Waals surface area contributed by atoms with Gasteiger partial charge >= 0.3 is 0 Å². The van der Waals surface area contributed by atoms with Crippen molar-refractivity contribution in [3.8, 4) is 5.75 Å². The lowest BCUT2D eigenvalue weighted by Crippen LogP contribution is -2.32. The van der Waals surface area contributed by atoms with Gasteiger partial charge in [0.15, 0.2) is 0 Å². The number of rotatable bonds is 4. The number of piperidine rings is 1. The molecule has 0 saturated carbocycles. The van der Waals surface area contributed by atoms with Crippen molar-refractivity contribution in [2.24, 2.45) is 5.92 Å². The maximum Gasteiger partial charge on any atom is 0.150 e. The fourth-order valence-electron chi connectivity index (χ4n) is 2.12. The lowest BCUT2D eigenvalue weighted by Gasteiger charge is -2.28. The number of benzene rings is 1. The Kier molecular flexibility index (Phi) is 4.15. The number of carbonyl (C=O) groups excluding carboxylic acids is 1. The van der Waals surface area contributed by atoms with Crippen molar-refractivity contribution in [1.29, 1.82) is 0 Å². The summed E-state index contributed by atoms with van der Waals surface area (Å²) in [5, 5.41) is 0. The first kappa shape index (κ1) is 12.1. The van der Waals surface area contributed by atoms with Crippen LogP contribution < -0.4 is 4.74 Å². The molecular weight excluding hydrogens is 214 g/mol. The molecule has 0 bridgehead atoms. The van der Waals surface area contributed by atoms with Gasteiger partial charge in [-0.3, -0.25) is 4.79 Å². The summed E-state index contributed by atoms with van der Waals surface area (Å²) in [4.78, 5) is 13.0. The van der Waals surface area contributed by atoms with Gasteiger partial charge in [-0.2, -0.15) is 0 Å². The Morgan fingerprint density at radius 2 is 2.18 bits per heavy atom. The topological polar surface area (TPSA) is 29.5 Å². The van der Waals surface area contributed by atoms with Crippen molar-refractivity contribution >= 4 is 6.29 Å². The Balaban J connectivity index is 1.83. The van der Waals surface area contributed by atoms with Gasteiger partial charge in [0.2, 0.25) is 0 Å². The van der Waals surface area contributed by atoms with Gasteiger partial charge in [0, 0.05) is 5.56 Å². The summed E-state index contributed by atoms with van der Waals surface area (Å²) < 4.78 is 5.75. The Labute approximate surface area is 102 Å². The number of hydrogen-bond donors (Lipinski definition) is 0. The molecule has 0 aromatic heterocycles. The first-order chi connectivity index (χ1) is 8.28. The average molecular weight is 233 g/mol. The van der Waals surface area contributed by atoms with Crippen LogP contribution in [0.25, 0.3) is 0 Å². The normalized spacial score (nSPS) is 17.9. The van der Waals surface area contributed by atoms with Crippen molar-refractivity contribution in [3.05, 3.63) is 29.8 Å². The van der Waals surface area contributed by atoms with E-state index in [1.165, 1.54) is 12.8 Å². The molecule has 1 aliphatic heterocycles. The number of nitrogens with zero attached hydrogens (tertiary/aromatic N) is 1. The second kappa shape index (κ2) is 5.82. The SMILES string of the molecule is CN1CCC(COc2cccc(C=O)c2)CC1. The van der Waals surface area contributed by atoms with Crippen LogP contribution in [0.5, 0.6) is 5.75 Å². The lowest BCUT2D eigenvalue weighted by atomic mass is 9.98. The van der Waals surface area contributed by atoms with E-state index >= 15 is 0 Å². The van der Waals surface area contributed by atoms with E-state index in [9.17, 15) is 4.79 Å². The molecule has 92 valence electrons. The van der Waals surface area contributed by atoms with E-state index < -0.39 is 0 Å². The molecule has 1 aromatic rings. The Hall–Kier alpha value is -1.35. The third kappa shape index (κ3) is 3.56. The van der Waals surface area contributed by atoms with Crippen LogP contribution in [0.15, 0.2) is 24.3 Å². The number of aldehydes is 1. The number of carbonyl (C=O) groups is 1. The molecular formula is C14H19NO2. The zero-order chi connectivity index (χ0) is 12.1. The first-order valence-electron chi connectivity index (χ1n) is 6.14. The van der Waals surface area contributed by atoms with E-state index in [-0.39, 0.29) is 0 Å². The summed E-state index contributed by atoms with van der Waals surface area (Å²) in [6, 6.07) is 7.34. The van der Waals surface area contributed by atoms with Crippen LogP contribution in [0.2, 0.25) is 0 Å². The Morgan fingerprint density at radius 1 is 1.41 bits per heavy atom. The monoisotopic (exact) mass is 233 g/mol. The molecule has 1 saturated heterocycles. The minimum absolute atomic E-state index is 0.645. The summed E-state index contributed by atoms with van der Waals surface area (Å²) in [6.45, 7) is 3.07. The highest BCUT2D eigenvalue weighted by Gasteiger charge is 2.16. The fraction of sp³-hybridized carbons (Fsp3) is 0.500. The van der Waals surface area contributed by atoms with Crippen molar-refractivity contribution in [2.45, 2.75) is 12.8 Å². The molecule has 3 nitrogen and oxygen atoms in total. The van der Waals surface area contributed by atoms with Crippen LogP contribution >= 0.6 is 0 Å². The Bertz CT molecular complexity index is 370. The molecule has 1 heterocycles. The second-order valence-electron chi connectivity index (χ2n) is 4.75. The first-order valence-corrected chi connectivity index (χ1v) is 6.14. The number of ether oxygens (including phenoxy) is 1. The summed E-state index contributed by atoms with van der Waals surface area (Å²) in [6.07, 6.45) is 3.25. The summed E-state index contributed by atoms with van der Waals surface area (Å²) in [5.41, 5.74) is 0.672. The Morgan fingerprint density at radius 3 is 2.88 bits per heavy atom. The zero-order valence-corrected chi connectivity index (χ0v) is 10.3. The minimum atomic E-state index is 0.645. The van der Waals surface area contributed by atoms with Crippen molar-refractivity contribution in [1.82, 2.24) is 4.90 Å². The molecule has 2 rings (SSSR count). The molecule has 1 aromatic carbocycles. The van der Waals surface area contributed by atoms with E-state index in [0.717, 1.165) is 31.7 Å². The van der Waals surface area contributed by atoms with Crippen molar-refractivity contribution in [3.63, 3.8) is 0 Å². The van der Waals surface area contributed by atoms with Gasteiger partial charge in [-0.15, -0.1) is 0 Å². The maximum absolute atomic E-state index is 10.6. The van der Waals surface area contributed by atoms with Crippen LogP contribution in [-0.2, 0) is 0 Å². The smallest absolute Gasteiger partial charge is 0.150 e. The van der Waals surface area contributed by atoms with E-state index in [1.54, 1.807) is 12.1 Å². The molecule has 0 radical (unpaired) electrons. The van der Waals surface area contributed by atoms with Gasteiger partial charge in [-0.05, 0) is 51.0 Å². The third-order valence-corrected chi connectivity index (χ3v) is 3.32. The summed E-state index contributed by atoms with van der Waals surface area (Å²) >= 11 is 0. The molecule has 17 heavy (non-hydrogen) atoms. The van der Waals surface area contributed by atoms with Gasteiger partial charge in [-0.1, -0.05) is 12.1 Å². The molecule has 0 spiro atoms. The van der Waals surface area contributed by atoms with Gasteiger partial charge in [0.25, 0.3) is 0 Å². The molecule has 3 heteroatoms. The van der Waals surface area contributed by atoms with Gasteiger partial charge < -0.3 is 9.64 Å². The van der Waals surface area contributed by atoms with E-state index in [2.05, 4.69) is 11.9 Å². The van der Waals surface area contributed by atoms with Crippen LogP contribution in [0.1, 0.15) is 23.2 Å². The highest BCUT2D eigenvalue weighted by Crippen LogP contribution is 2.19. The third-order valence-electron chi connectivity index (χ3n) is 3.32. The van der Waals surface area contributed by atoms with Crippen molar-refractivity contribution in [2.75, 3.05) is 26.7 Å². The molecule has 0 amide bonds. The molecule has 1 aliphatic rings. The summed E-state index contributed by atoms with van der Waals surface area (Å²) in [7, 11) is 2.16. The molecule has 0 unspecified atom stereocenters. The lowest BCUT2D eigenvalue weighted by molar-refractivity contribution is 0.112. The second-order valence-corrected chi connectivity index (χ2v) is 4.75. The van der Waals surface area contributed by atoms with Crippen LogP contribution in [-0.4, -0.2) is 37.9 Å². The largest absolute Gasteiger partial charge is 0.493 e. The molecule has 0 aliphatic carbocycles. The predicted octanol–water partition coefficient (Wildman–Crippen LogP) is 2.22. The molecule has 0 atom stereocenters. The molecule has 1 fully saturated rings. The van der Waals surface area contributed by atoms with Crippen LogP contribution in [0, 0.1) is 5.92 Å². The van der Waals surface area contributed by atoms with E-state index in [1.807, 2.05) is 12.1 Å². The van der Waals surface area contributed by atoms with E-state index in [4.69, 9.17) is 4.74 Å². The van der Waals surface area contributed by atoms with Crippen LogP contribution in [0.3, 0.4) is 0 Å². The zero-order valence-electron chi connectivity index (χ0n) is 10.3. The average Bonchev–Trinajstić information content (AvgIpc) is 2.38. The standard InChI is InChI=1S/C14H19NO2/c1-15-7-5-12(6-8-15)11-17-14-4-2-3-13(9-14)10-16/h2-4,9-10,12H,5-8,11H2,1H3. The minimum Gasteiger partial charge on any atom is -0.493 e. The molecule has 0 N–H and O–H groups in total. The highest BCUT2D eigenvalue weighted by molar-refractivity contribution is 5.75. The highest BCUT2D eigenvalue weighted by atomic mass is 16.5. The van der Waals surface area contributed by atoms with Gasteiger partial charge in [0.1, 0.15) is 12.0 Å². The quantitative estimate of drug-likeness (QED) is 0.747. The van der Waals surface area contributed by atoms with Gasteiger partial charge in [-0.25, -0.2) is 0 Å². The number of likely N-dealkylation sites (tertiary alicyclic amines) is 1. The maximum atomic E-state index is 10.6. The fourth-order valence-corrected chi connectivity index (χ4v) is 2.12. The number of hydrogen-bond acceptors (Lipinski definition) is 3. The van der Waals surface area contributed by atoms with Crippen molar-refractivity contribution < 1.29 is 9.53 Å². The van der Waals surface area contributed by atoms with Gasteiger partial charge in [0.05, 0.1) is 6.61 Å². The summed E-state index contributed by atoms with van der Waals surface area (Å²) in [5.74, 6) is 1.44. The van der Waals surface area contributed by atoms with E-state index in [0.29, 0.717) is 11.5 Å². The predicted molar refractivity (Wildman–Crippen MR) is 67.5 cm³/mol. The van der Waals surface area contributed by atoms with Crippen LogP contribution in [0.4, 0.5) is 0 Å².